The van der Waals surface area contributed by atoms with Crippen LogP contribution in [0.2, 0.25) is 0 Å². The van der Waals surface area contributed by atoms with Crippen LogP contribution in [0.5, 0.6) is 5.75 Å². The fraction of sp³-hybridized carbons (Fsp3) is 0.286. The summed E-state index contributed by atoms with van der Waals surface area (Å²) in [6.45, 7) is 1.90. The summed E-state index contributed by atoms with van der Waals surface area (Å²) < 4.78 is 32.4. The van der Waals surface area contributed by atoms with E-state index in [1.54, 1.807) is 19.1 Å². The maximum atomic E-state index is 12.3. The lowest BCUT2D eigenvalue weighted by atomic mass is 10.2. The second kappa shape index (κ2) is 7.04. The monoisotopic (exact) mass is 327 g/mol. The van der Waals surface area contributed by atoms with Crippen molar-refractivity contribution in [1.82, 2.24) is 4.72 Å². The summed E-state index contributed by atoms with van der Waals surface area (Å²) in [5.41, 5.74) is 0.937. The van der Waals surface area contributed by atoms with Crippen molar-refractivity contribution < 1.29 is 18.3 Å². The number of rotatable bonds is 7. The van der Waals surface area contributed by atoms with Crippen molar-refractivity contribution in [3.63, 3.8) is 0 Å². The first-order valence-corrected chi connectivity index (χ1v) is 8.83. The molecule has 2 N–H and O–H groups in total. The van der Waals surface area contributed by atoms with Crippen molar-refractivity contribution in [2.24, 2.45) is 0 Å². The molecule has 1 heterocycles. The van der Waals surface area contributed by atoms with Gasteiger partial charge in [0, 0.05) is 6.04 Å². The van der Waals surface area contributed by atoms with Gasteiger partial charge in [0.15, 0.2) is 0 Å². The summed E-state index contributed by atoms with van der Waals surface area (Å²) in [5.74, 6) is 0.522. The zero-order chi connectivity index (χ0) is 15.3. The third-order valence-corrected chi connectivity index (χ3v) is 5.13. The molecule has 1 atom stereocenters. The lowest BCUT2D eigenvalue weighted by Gasteiger charge is -2.13. The van der Waals surface area contributed by atoms with E-state index in [2.05, 4.69) is 4.72 Å². The average Bonchev–Trinajstić information content (AvgIpc) is 2.99. The number of aliphatic hydroxyl groups excluding tert-OH is 1. The maximum Gasteiger partial charge on any atom is 0.241 e. The van der Waals surface area contributed by atoms with Gasteiger partial charge in [-0.25, -0.2) is 13.1 Å². The normalized spacial score (nSPS) is 13.0. The molecule has 5 nitrogen and oxygen atoms in total. The maximum absolute atomic E-state index is 12.3. The van der Waals surface area contributed by atoms with Crippen LogP contribution in [0, 0.1) is 0 Å². The third kappa shape index (κ3) is 4.28. The van der Waals surface area contributed by atoms with Gasteiger partial charge in [-0.2, -0.15) is 11.3 Å². The fourth-order valence-electron chi connectivity index (χ4n) is 1.77. The van der Waals surface area contributed by atoms with Crippen molar-refractivity contribution >= 4 is 21.4 Å². The van der Waals surface area contributed by atoms with Gasteiger partial charge in [-0.1, -0.05) is 0 Å². The molecular weight excluding hydrogens is 310 g/mol. The summed E-state index contributed by atoms with van der Waals surface area (Å²) in [6.07, 6.45) is 0. The zero-order valence-corrected chi connectivity index (χ0v) is 13.2. The number of aliphatic hydroxyl groups is 1. The summed E-state index contributed by atoms with van der Waals surface area (Å²) in [7, 11) is -3.57. The van der Waals surface area contributed by atoms with Crippen LogP contribution in [0.25, 0.3) is 0 Å². The smallest absolute Gasteiger partial charge is 0.241 e. The summed E-state index contributed by atoms with van der Waals surface area (Å²) in [5, 5.41) is 12.5. The Bertz CT molecular complexity index is 651. The van der Waals surface area contributed by atoms with E-state index in [1.165, 1.54) is 23.5 Å². The van der Waals surface area contributed by atoms with E-state index < -0.39 is 10.0 Å². The highest BCUT2D eigenvalue weighted by atomic mass is 32.2. The SMILES string of the molecule is CC(NS(=O)(=O)c1ccc(OCCO)cc1)c1ccsc1. The van der Waals surface area contributed by atoms with Gasteiger partial charge in [0.05, 0.1) is 11.5 Å². The highest BCUT2D eigenvalue weighted by Gasteiger charge is 2.18. The molecule has 2 rings (SSSR count). The molecule has 0 fully saturated rings. The van der Waals surface area contributed by atoms with Crippen molar-refractivity contribution in [2.75, 3.05) is 13.2 Å². The van der Waals surface area contributed by atoms with Gasteiger partial charge < -0.3 is 9.84 Å². The molecule has 0 radical (unpaired) electrons. The van der Waals surface area contributed by atoms with Crippen LogP contribution >= 0.6 is 11.3 Å². The van der Waals surface area contributed by atoms with E-state index in [-0.39, 0.29) is 24.2 Å². The standard InChI is InChI=1S/C14H17NO4S2/c1-11(12-6-9-20-10-12)15-21(17,18)14-4-2-13(3-5-14)19-8-7-16/h2-6,9-11,15-16H,7-8H2,1H3. The molecule has 0 bridgehead atoms. The van der Waals surface area contributed by atoms with Gasteiger partial charge >= 0.3 is 0 Å². The molecule has 0 spiro atoms. The first kappa shape index (κ1) is 16.0. The number of hydrogen-bond acceptors (Lipinski definition) is 5. The van der Waals surface area contributed by atoms with Gasteiger partial charge in [0.2, 0.25) is 10.0 Å². The van der Waals surface area contributed by atoms with Crippen molar-refractivity contribution in [3.8, 4) is 5.75 Å². The predicted molar refractivity (Wildman–Crippen MR) is 82.1 cm³/mol. The minimum atomic E-state index is -3.57. The first-order chi connectivity index (χ1) is 10.0. The molecule has 1 aromatic heterocycles. The number of nitrogens with one attached hydrogen (secondary N) is 1. The predicted octanol–water partition coefficient (Wildman–Crippen LogP) is 2.16. The Kier molecular flexibility index (Phi) is 5.35. The molecule has 21 heavy (non-hydrogen) atoms. The van der Waals surface area contributed by atoms with E-state index in [1.807, 2.05) is 16.8 Å². The van der Waals surface area contributed by atoms with Crippen LogP contribution in [0.15, 0.2) is 46.0 Å². The van der Waals surface area contributed by atoms with Crippen LogP contribution in [0.4, 0.5) is 0 Å². The van der Waals surface area contributed by atoms with E-state index >= 15 is 0 Å². The molecule has 0 amide bonds. The largest absolute Gasteiger partial charge is 0.491 e. The van der Waals surface area contributed by atoms with Gasteiger partial charge in [-0.15, -0.1) is 0 Å². The number of sulfonamides is 1. The van der Waals surface area contributed by atoms with E-state index in [9.17, 15) is 8.42 Å². The molecular formula is C14H17NO4S2. The van der Waals surface area contributed by atoms with Crippen LogP contribution < -0.4 is 9.46 Å². The van der Waals surface area contributed by atoms with Gasteiger partial charge in [-0.3, -0.25) is 0 Å². The highest BCUT2D eigenvalue weighted by Crippen LogP contribution is 2.20. The summed E-state index contributed by atoms with van der Waals surface area (Å²) in [6, 6.07) is 7.71. The second-order valence-electron chi connectivity index (χ2n) is 4.44. The first-order valence-electron chi connectivity index (χ1n) is 6.41. The molecule has 1 unspecified atom stereocenters. The molecule has 0 saturated carbocycles. The zero-order valence-electron chi connectivity index (χ0n) is 11.5. The number of thiophene rings is 1. The van der Waals surface area contributed by atoms with Crippen molar-refractivity contribution in [2.45, 2.75) is 17.9 Å². The molecule has 2 aromatic rings. The Hall–Kier alpha value is -1.41. The lowest BCUT2D eigenvalue weighted by Crippen LogP contribution is -2.26. The van der Waals surface area contributed by atoms with Crippen LogP contribution in [0.3, 0.4) is 0 Å². The van der Waals surface area contributed by atoms with Crippen LogP contribution in [0.1, 0.15) is 18.5 Å². The lowest BCUT2D eigenvalue weighted by molar-refractivity contribution is 0.201. The minimum absolute atomic E-state index is 0.0836. The number of ether oxygens (including phenoxy) is 1. The summed E-state index contributed by atoms with van der Waals surface area (Å²) >= 11 is 1.53. The molecule has 1 aromatic carbocycles. The Balaban J connectivity index is 2.08. The number of benzene rings is 1. The molecule has 114 valence electrons. The molecule has 0 aliphatic rings. The van der Waals surface area contributed by atoms with E-state index in [0.717, 1.165) is 5.56 Å². The Morgan fingerprint density at radius 3 is 2.57 bits per heavy atom. The molecule has 0 aliphatic carbocycles. The quantitative estimate of drug-likeness (QED) is 0.817. The van der Waals surface area contributed by atoms with Crippen LogP contribution in [-0.2, 0) is 10.0 Å². The Labute approximate surface area is 128 Å². The topological polar surface area (TPSA) is 75.6 Å². The van der Waals surface area contributed by atoms with Gasteiger partial charge in [0.1, 0.15) is 12.4 Å². The third-order valence-electron chi connectivity index (χ3n) is 2.87. The Morgan fingerprint density at radius 2 is 2.00 bits per heavy atom. The Morgan fingerprint density at radius 1 is 1.29 bits per heavy atom. The van der Waals surface area contributed by atoms with Crippen molar-refractivity contribution in [3.05, 3.63) is 46.7 Å². The van der Waals surface area contributed by atoms with Gasteiger partial charge in [0.25, 0.3) is 0 Å². The summed E-state index contributed by atoms with van der Waals surface area (Å²) in [4.78, 5) is 0.181. The second-order valence-corrected chi connectivity index (χ2v) is 6.94. The van der Waals surface area contributed by atoms with Gasteiger partial charge in [-0.05, 0) is 53.6 Å². The number of hydrogen-bond donors (Lipinski definition) is 2. The van der Waals surface area contributed by atoms with Crippen LogP contribution in [-0.4, -0.2) is 26.7 Å². The highest BCUT2D eigenvalue weighted by molar-refractivity contribution is 7.89. The van der Waals surface area contributed by atoms with Crippen molar-refractivity contribution in [1.29, 1.82) is 0 Å². The average molecular weight is 327 g/mol. The minimum Gasteiger partial charge on any atom is -0.491 e. The molecule has 0 saturated heterocycles. The molecule has 0 aliphatic heterocycles. The molecule has 7 heteroatoms. The van der Waals surface area contributed by atoms with E-state index in [0.29, 0.717) is 5.75 Å². The fourth-order valence-corrected chi connectivity index (χ4v) is 3.75. The van der Waals surface area contributed by atoms with E-state index in [4.69, 9.17) is 9.84 Å².